The Balaban J connectivity index is 2.58. The Morgan fingerprint density at radius 2 is 2.18 bits per heavy atom. The smallest absolute Gasteiger partial charge is 0.325 e. The van der Waals surface area contributed by atoms with Gasteiger partial charge in [0.05, 0.1) is 6.61 Å². The van der Waals surface area contributed by atoms with Gasteiger partial charge in [-0.3, -0.25) is 9.59 Å². The molecule has 17 heavy (non-hydrogen) atoms. The highest BCUT2D eigenvalue weighted by Gasteiger charge is 2.30. The maximum absolute atomic E-state index is 12.1. The highest BCUT2D eigenvalue weighted by atomic mass is 16.5. The lowest BCUT2D eigenvalue weighted by Gasteiger charge is -2.27. The molecule has 5 heteroatoms. The fraction of sp³-hybridized carbons (Fsp3) is 0.833. The molecule has 1 rings (SSSR count). The van der Waals surface area contributed by atoms with Crippen LogP contribution < -0.4 is 0 Å². The number of ether oxygens (including phenoxy) is 2. The van der Waals surface area contributed by atoms with Crippen LogP contribution in [0.15, 0.2) is 0 Å². The maximum Gasteiger partial charge on any atom is 0.325 e. The van der Waals surface area contributed by atoms with Crippen molar-refractivity contribution in [3.8, 4) is 0 Å². The summed E-state index contributed by atoms with van der Waals surface area (Å²) in [5.74, 6) is -0.474. The highest BCUT2D eigenvalue weighted by molar-refractivity contribution is 5.85. The molecule has 1 aliphatic heterocycles. The summed E-state index contributed by atoms with van der Waals surface area (Å²) in [5, 5.41) is 0. The summed E-state index contributed by atoms with van der Waals surface area (Å²) in [7, 11) is 0. The first-order valence-corrected chi connectivity index (χ1v) is 6.14. The molecule has 0 radical (unpaired) electrons. The van der Waals surface area contributed by atoms with Gasteiger partial charge in [-0.25, -0.2) is 0 Å². The molecule has 0 aromatic heterocycles. The van der Waals surface area contributed by atoms with Gasteiger partial charge in [0.1, 0.15) is 12.6 Å². The highest BCUT2D eigenvalue weighted by Crippen LogP contribution is 2.16. The van der Waals surface area contributed by atoms with Gasteiger partial charge in [0.2, 0.25) is 0 Å². The third kappa shape index (κ3) is 4.00. The summed E-state index contributed by atoms with van der Waals surface area (Å²) >= 11 is 0. The standard InChI is InChI=1S/C12H21NO4/c1-4-16-11(14)8-13(9(2)3)12(15)10-6-5-7-17-10/h9-10H,4-8H2,1-3H3/t10-/m1/s1. The molecule has 0 saturated carbocycles. The lowest BCUT2D eigenvalue weighted by molar-refractivity contribution is -0.153. The molecular formula is C12H21NO4. The molecule has 98 valence electrons. The Morgan fingerprint density at radius 3 is 2.65 bits per heavy atom. The Kier molecular flexibility index (Phi) is 5.41. The molecule has 1 atom stereocenters. The number of hydrogen-bond acceptors (Lipinski definition) is 4. The molecule has 0 unspecified atom stereocenters. The van der Waals surface area contributed by atoms with Crippen molar-refractivity contribution >= 4 is 11.9 Å². The fourth-order valence-electron chi connectivity index (χ4n) is 1.82. The lowest BCUT2D eigenvalue weighted by Crippen LogP contribution is -2.46. The molecule has 0 N–H and O–H groups in total. The van der Waals surface area contributed by atoms with Crippen LogP contribution in [0, 0.1) is 0 Å². The van der Waals surface area contributed by atoms with Crippen molar-refractivity contribution < 1.29 is 19.1 Å². The fourth-order valence-corrected chi connectivity index (χ4v) is 1.82. The van der Waals surface area contributed by atoms with Crippen LogP contribution in [0.3, 0.4) is 0 Å². The number of carbonyl (C=O) groups is 2. The molecule has 0 aliphatic carbocycles. The number of esters is 1. The molecule has 1 saturated heterocycles. The summed E-state index contributed by atoms with van der Waals surface area (Å²) in [4.78, 5) is 25.1. The van der Waals surface area contributed by atoms with Crippen molar-refractivity contribution in [3.63, 3.8) is 0 Å². The van der Waals surface area contributed by atoms with Gasteiger partial charge >= 0.3 is 5.97 Å². The van der Waals surface area contributed by atoms with Crippen molar-refractivity contribution in [2.75, 3.05) is 19.8 Å². The van der Waals surface area contributed by atoms with E-state index in [4.69, 9.17) is 9.47 Å². The molecule has 1 fully saturated rings. The summed E-state index contributed by atoms with van der Waals surface area (Å²) in [6.45, 7) is 6.47. The molecule has 0 aromatic rings. The normalized spacial score (nSPS) is 19.4. The van der Waals surface area contributed by atoms with E-state index in [-0.39, 0.29) is 30.6 Å². The zero-order chi connectivity index (χ0) is 12.8. The van der Waals surface area contributed by atoms with Gasteiger partial charge in [0, 0.05) is 12.6 Å². The van der Waals surface area contributed by atoms with Crippen LogP contribution in [0.2, 0.25) is 0 Å². The van der Waals surface area contributed by atoms with E-state index < -0.39 is 0 Å². The predicted molar refractivity (Wildman–Crippen MR) is 62.5 cm³/mol. The quantitative estimate of drug-likeness (QED) is 0.675. The van der Waals surface area contributed by atoms with Gasteiger partial charge in [-0.1, -0.05) is 0 Å². The average molecular weight is 243 g/mol. The second-order valence-electron chi connectivity index (χ2n) is 4.37. The zero-order valence-electron chi connectivity index (χ0n) is 10.8. The van der Waals surface area contributed by atoms with E-state index in [2.05, 4.69) is 0 Å². The number of nitrogens with zero attached hydrogens (tertiary/aromatic N) is 1. The molecule has 0 bridgehead atoms. The first kappa shape index (κ1) is 14.0. The molecule has 0 spiro atoms. The number of amides is 1. The van der Waals surface area contributed by atoms with E-state index in [1.807, 2.05) is 13.8 Å². The van der Waals surface area contributed by atoms with Crippen LogP contribution in [0.25, 0.3) is 0 Å². The van der Waals surface area contributed by atoms with Crippen LogP contribution in [0.5, 0.6) is 0 Å². The van der Waals surface area contributed by atoms with Gasteiger partial charge in [-0.15, -0.1) is 0 Å². The van der Waals surface area contributed by atoms with Gasteiger partial charge < -0.3 is 14.4 Å². The van der Waals surface area contributed by atoms with Crippen molar-refractivity contribution in [2.24, 2.45) is 0 Å². The van der Waals surface area contributed by atoms with Crippen molar-refractivity contribution in [1.29, 1.82) is 0 Å². The number of hydrogen-bond donors (Lipinski definition) is 0. The predicted octanol–water partition coefficient (Wildman–Crippen LogP) is 0.965. The first-order chi connectivity index (χ1) is 8.06. The summed E-state index contributed by atoms with van der Waals surface area (Å²) in [6, 6.07) is -0.0314. The van der Waals surface area contributed by atoms with Crippen LogP contribution in [-0.2, 0) is 19.1 Å². The minimum Gasteiger partial charge on any atom is -0.465 e. The lowest BCUT2D eigenvalue weighted by atomic mass is 10.2. The monoisotopic (exact) mass is 243 g/mol. The van der Waals surface area contributed by atoms with Crippen molar-refractivity contribution in [3.05, 3.63) is 0 Å². The molecular weight excluding hydrogens is 222 g/mol. The second kappa shape index (κ2) is 6.59. The summed E-state index contributed by atoms with van der Waals surface area (Å²) in [5.41, 5.74) is 0. The average Bonchev–Trinajstić information content (AvgIpc) is 2.78. The molecule has 1 aliphatic rings. The van der Waals surface area contributed by atoms with Gasteiger partial charge in [0.25, 0.3) is 5.91 Å². The third-order valence-electron chi connectivity index (χ3n) is 2.72. The van der Waals surface area contributed by atoms with Crippen LogP contribution >= 0.6 is 0 Å². The minimum absolute atomic E-state index is 0.00417. The topological polar surface area (TPSA) is 55.8 Å². The number of rotatable bonds is 5. The SMILES string of the molecule is CCOC(=O)CN(C(=O)[C@H]1CCCO1)C(C)C. The maximum atomic E-state index is 12.1. The summed E-state index contributed by atoms with van der Waals surface area (Å²) < 4.78 is 10.2. The van der Waals surface area contributed by atoms with Crippen molar-refractivity contribution in [2.45, 2.75) is 45.8 Å². The van der Waals surface area contributed by atoms with E-state index in [9.17, 15) is 9.59 Å². The summed E-state index contributed by atoms with van der Waals surface area (Å²) in [6.07, 6.45) is 1.26. The van der Waals surface area contributed by atoms with E-state index in [1.54, 1.807) is 6.92 Å². The van der Waals surface area contributed by atoms with E-state index in [0.29, 0.717) is 13.2 Å². The molecule has 0 aromatic carbocycles. The van der Waals surface area contributed by atoms with Crippen molar-refractivity contribution in [1.82, 2.24) is 4.90 Å². The van der Waals surface area contributed by atoms with E-state index >= 15 is 0 Å². The van der Waals surface area contributed by atoms with Gasteiger partial charge in [-0.2, -0.15) is 0 Å². The molecule has 1 amide bonds. The Hall–Kier alpha value is -1.10. The second-order valence-corrected chi connectivity index (χ2v) is 4.37. The minimum atomic E-state index is -0.383. The van der Waals surface area contributed by atoms with Crippen LogP contribution in [0.4, 0.5) is 0 Å². The van der Waals surface area contributed by atoms with E-state index in [1.165, 1.54) is 4.90 Å². The molecule has 5 nitrogen and oxygen atoms in total. The van der Waals surface area contributed by atoms with E-state index in [0.717, 1.165) is 12.8 Å². The van der Waals surface area contributed by atoms with Gasteiger partial charge in [-0.05, 0) is 33.6 Å². The first-order valence-electron chi connectivity index (χ1n) is 6.14. The Bertz CT molecular complexity index is 272. The third-order valence-corrected chi connectivity index (χ3v) is 2.72. The molecule has 1 heterocycles. The number of carbonyl (C=O) groups excluding carboxylic acids is 2. The van der Waals surface area contributed by atoms with Gasteiger partial charge in [0.15, 0.2) is 0 Å². The van der Waals surface area contributed by atoms with Crippen LogP contribution in [-0.4, -0.2) is 48.7 Å². The largest absolute Gasteiger partial charge is 0.465 e. The zero-order valence-corrected chi connectivity index (χ0v) is 10.8. The Labute approximate surface area is 102 Å². The van der Waals surface area contributed by atoms with Crippen LogP contribution in [0.1, 0.15) is 33.6 Å². The Morgan fingerprint density at radius 1 is 1.47 bits per heavy atom.